The normalized spacial score (nSPS) is 14.0. The number of carboxylic acid groups (broad SMARTS) is 1. The summed E-state index contributed by atoms with van der Waals surface area (Å²) in [6.07, 6.45) is 5.01. The van der Waals surface area contributed by atoms with Gasteiger partial charge in [-0.3, -0.25) is 14.4 Å². The summed E-state index contributed by atoms with van der Waals surface area (Å²) in [5, 5.41) is 28.2. The highest BCUT2D eigenvalue weighted by Gasteiger charge is 2.32. The van der Waals surface area contributed by atoms with Crippen LogP contribution in [0, 0.1) is 5.92 Å². The molecule has 0 fully saturated rings. The maximum Gasteiger partial charge on any atom is 0.326 e. The van der Waals surface area contributed by atoms with Crippen LogP contribution in [0.25, 0.3) is 10.9 Å². The number of imidazole rings is 1. The smallest absolute Gasteiger partial charge is 0.326 e. The van der Waals surface area contributed by atoms with Crippen molar-refractivity contribution < 1.29 is 29.4 Å². The minimum Gasteiger partial charge on any atom is -0.508 e. The highest BCUT2D eigenvalue weighted by Crippen LogP contribution is 2.20. The number of para-hydroxylation sites is 1. The number of nitrogens with zero attached hydrogens (tertiary/aromatic N) is 1. The Kier molecular flexibility index (Phi) is 10.3. The highest BCUT2D eigenvalue weighted by molar-refractivity contribution is 5.95. The van der Waals surface area contributed by atoms with Gasteiger partial charge in [-0.25, -0.2) is 9.78 Å². The summed E-state index contributed by atoms with van der Waals surface area (Å²) in [4.78, 5) is 62.3. The van der Waals surface area contributed by atoms with Gasteiger partial charge in [0.2, 0.25) is 17.7 Å². The average molecular weight is 604 g/mol. The molecule has 13 heteroatoms. The van der Waals surface area contributed by atoms with Crippen LogP contribution in [0.2, 0.25) is 0 Å². The van der Waals surface area contributed by atoms with Crippen molar-refractivity contribution >= 4 is 34.6 Å². The van der Waals surface area contributed by atoms with Crippen molar-refractivity contribution in [3.8, 4) is 5.75 Å². The number of benzene rings is 2. The van der Waals surface area contributed by atoms with Crippen molar-refractivity contribution in [3.05, 3.63) is 84.1 Å². The molecule has 0 aliphatic heterocycles. The Morgan fingerprint density at radius 1 is 0.864 bits per heavy atom. The molecular weight excluding hydrogens is 566 g/mol. The molecule has 4 rings (SSSR count). The molecule has 2 aromatic carbocycles. The minimum atomic E-state index is -1.21. The number of carboxylic acids is 1. The summed E-state index contributed by atoms with van der Waals surface area (Å²) in [6.45, 7) is 3.32. The Hall–Kier alpha value is -5.17. The lowest BCUT2D eigenvalue weighted by Crippen LogP contribution is -2.58. The third kappa shape index (κ3) is 8.22. The van der Waals surface area contributed by atoms with Crippen molar-refractivity contribution in [3.63, 3.8) is 0 Å². The molecule has 0 spiro atoms. The van der Waals surface area contributed by atoms with E-state index in [1.54, 1.807) is 38.4 Å². The molecule has 0 aliphatic rings. The lowest BCUT2D eigenvalue weighted by molar-refractivity contribution is -0.143. The van der Waals surface area contributed by atoms with Gasteiger partial charge in [0.15, 0.2) is 0 Å². The van der Waals surface area contributed by atoms with Crippen molar-refractivity contribution in [1.82, 2.24) is 30.9 Å². The fraction of sp³-hybridized carbons (Fsp3) is 0.323. The standard InChI is InChI=1S/C31H37N7O6/c1-17(2)27(31(43)44)38-30(42)25(11-18-7-9-21(39)10-8-18)37-29(41)26(12-19-14-34-24-6-4-3-5-22(19)24)36-28(40)23(32)13-20-15-33-16-35-20/h3-10,14-17,23,25-27,34,39H,11-13,32H2,1-2H3,(H,33,35)(H,36,40)(H,37,41)(H,38,42)(H,43,44). The first-order valence-corrected chi connectivity index (χ1v) is 14.2. The quantitative estimate of drug-likeness (QED) is 0.104. The molecule has 0 saturated carbocycles. The van der Waals surface area contributed by atoms with Crippen LogP contribution in [0.4, 0.5) is 0 Å². The first-order chi connectivity index (χ1) is 21.0. The molecule has 9 N–H and O–H groups in total. The van der Waals surface area contributed by atoms with Crippen LogP contribution in [0.5, 0.6) is 5.75 Å². The topological polar surface area (TPSA) is 215 Å². The number of aromatic hydroxyl groups is 1. The number of aromatic nitrogens is 3. The summed E-state index contributed by atoms with van der Waals surface area (Å²) in [5.41, 5.74) is 9.02. The van der Waals surface area contributed by atoms with E-state index in [1.165, 1.54) is 18.5 Å². The molecule has 4 atom stereocenters. The Labute approximate surface area is 253 Å². The number of phenolic OH excluding ortho intramolecular Hbond substituents is 1. The van der Waals surface area contributed by atoms with Crippen molar-refractivity contribution in [2.45, 2.75) is 57.3 Å². The number of hydrogen-bond donors (Lipinski definition) is 8. The van der Waals surface area contributed by atoms with Crippen molar-refractivity contribution in [1.29, 1.82) is 0 Å². The first kappa shape index (κ1) is 31.8. The molecule has 3 amide bonds. The number of hydrogen-bond acceptors (Lipinski definition) is 7. The Bertz CT molecular complexity index is 1580. The molecule has 232 valence electrons. The van der Waals surface area contributed by atoms with Crippen LogP contribution < -0.4 is 21.7 Å². The zero-order valence-electron chi connectivity index (χ0n) is 24.4. The lowest BCUT2D eigenvalue weighted by Gasteiger charge is -2.26. The van der Waals surface area contributed by atoms with E-state index < -0.39 is 53.8 Å². The molecule has 2 aromatic heterocycles. The minimum absolute atomic E-state index is 0.00459. The van der Waals surface area contributed by atoms with E-state index in [4.69, 9.17) is 5.73 Å². The zero-order valence-corrected chi connectivity index (χ0v) is 24.4. The number of aliphatic carboxylic acids is 1. The van der Waals surface area contributed by atoms with E-state index in [1.807, 2.05) is 24.3 Å². The summed E-state index contributed by atoms with van der Waals surface area (Å²) >= 11 is 0. The van der Waals surface area contributed by atoms with Gasteiger partial charge in [-0.2, -0.15) is 0 Å². The van der Waals surface area contributed by atoms with Gasteiger partial charge in [0.05, 0.1) is 12.4 Å². The van der Waals surface area contributed by atoms with E-state index in [9.17, 15) is 29.4 Å². The number of nitrogens with two attached hydrogens (primary N) is 1. The van der Waals surface area contributed by atoms with Crippen LogP contribution in [-0.2, 0) is 38.4 Å². The summed E-state index contributed by atoms with van der Waals surface area (Å²) < 4.78 is 0. The maximum atomic E-state index is 13.9. The van der Waals surface area contributed by atoms with Crippen LogP contribution >= 0.6 is 0 Å². The Balaban J connectivity index is 1.60. The third-order valence-electron chi connectivity index (χ3n) is 7.30. The van der Waals surface area contributed by atoms with Gasteiger partial charge < -0.3 is 41.9 Å². The molecule has 2 heterocycles. The van der Waals surface area contributed by atoms with E-state index >= 15 is 0 Å². The molecule has 4 aromatic rings. The number of phenols is 1. The number of aromatic amines is 2. The SMILES string of the molecule is CC(C)C(NC(=O)C(Cc1ccc(O)cc1)NC(=O)C(Cc1c[nH]c2ccccc12)NC(=O)C(N)Cc1cnc[nH]1)C(=O)O. The van der Waals surface area contributed by atoms with E-state index in [2.05, 4.69) is 30.9 Å². The molecule has 13 nitrogen and oxygen atoms in total. The van der Waals surface area contributed by atoms with Gasteiger partial charge in [0.1, 0.15) is 23.9 Å². The summed E-state index contributed by atoms with van der Waals surface area (Å²) in [5.74, 6) is -3.55. The number of H-pyrrole nitrogens is 2. The largest absolute Gasteiger partial charge is 0.508 e. The van der Waals surface area contributed by atoms with Gasteiger partial charge in [0, 0.05) is 48.3 Å². The van der Waals surface area contributed by atoms with Crippen LogP contribution in [0.3, 0.4) is 0 Å². The number of amides is 3. The molecule has 0 bridgehead atoms. The second-order valence-electron chi connectivity index (χ2n) is 11.0. The van der Waals surface area contributed by atoms with Crippen LogP contribution in [0.1, 0.15) is 30.7 Å². The molecular formula is C31H37N7O6. The number of carbonyl (C=O) groups is 4. The van der Waals surface area contributed by atoms with E-state index in [0.717, 1.165) is 16.5 Å². The number of fused-ring (bicyclic) bond motifs is 1. The average Bonchev–Trinajstić information content (AvgIpc) is 3.65. The molecule has 44 heavy (non-hydrogen) atoms. The predicted molar refractivity (Wildman–Crippen MR) is 162 cm³/mol. The second-order valence-corrected chi connectivity index (χ2v) is 11.0. The van der Waals surface area contributed by atoms with Gasteiger partial charge in [-0.1, -0.05) is 44.2 Å². The van der Waals surface area contributed by atoms with E-state index in [-0.39, 0.29) is 25.0 Å². The van der Waals surface area contributed by atoms with E-state index in [0.29, 0.717) is 11.3 Å². The van der Waals surface area contributed by atoms with Crippen molar-refractivity contribution in [2.75, 3.05) is 0 Å². The monoisotopic (exact) mass is 603 g/mol. The highest BCUT2D eigenvalue weighted by atomic mass is 16.4. The van der Waals surface area contributed by atoms with Gasteiger partial charge >= 0.3 is 5.97 Å². The number of rotatable bonds is 14. The van der Waals surface area contributed by atoms with Crippen LogP contribution in [0.15, 0.2) is 67.3 Å². The summed E-state index contributed by atoms with van der Waals surface area (Å²) in [7, 11) is 0. The Morgan fingerprint density at radius 3 is 2.18 bits per heavy atom. The second kappa shape index (κ2) is 14.3. The first-order valence-electron chi connectivity index (χ1n) is 14.2. The van der Waals surface area contributed by atoms with Gasteiger partial charge in [-0.15, -0.1) is 0 Å². The lowest BCUT2D eigenvalue weighted by atomic mass is 10.00. The predicted octanol–water partition coefficient (Wildman–Crippen LogP) is 1.15. The molecule has 0 aliphatic carbocycles. The Morgan fingerprint density at radius 2 is 1.52 bits per heavy atom. The van der Waals surface area contributed by atoms with Crippen LogP contribution in [-0.4, -0.2) is 73.0 Å². The zero-order chi connectivity index (χ0) is 31.8. The van der Waals surface area contributed by atoms with Crippen molar-refractivity contribution in [2.24, 2.45) is 11.7 Å². The maximum absolute atomic E-state index is 13.9. The fourth-order valence-corrected chi connectivity index (χ4v) is 4.85. The number of carbonyl (C=O) groups excluding carboxylic acids is 3. The molecule has 4 unspecified atom stereocenters. The molecule has 0 saturated heterocycles. The summed E-state index contributed by atoms with van der Waals surface area (Å²) in [6, 6.07) is 9.07. The fourth-order valence-electron chi connectivity index (χ4n) is 4.85. The molecule has 0 radical (unpaired) electrons. The third-order valence-corrected chi connectivity index (χ3v) is 7.30. The van der Waals surface area contributed by atoms with Gasteiger partial charge in [0.25, 0.3) is 0 Å². The number of nitrogens with one attached hydrogen (secondary N) is 5. The van der Waals surface area contributed by atoms with Gasteiger partial charge in [-0.05, 0) is 35.2 Å².